The second-order valence-corrected chi connectivity index (χ2v) is 7.34. The van der Waals surface area contributed by atoms with Crippen LogP contribution in [0.25, 0.3) is 11.1 Å². The van der Waals surface area contributed by atoms with Gasteiger partial charge in [-0.15, -0.1) is 0 Å². The number of benzene rings is 4. The van der Waals surface area contributed by atoms with E-state index in [1.807, 2.05) is 50.2 Å². The van der Waals surface area contributed by atoms with Crippen molar-refractivity contribution in [3.05, 3.63) is 114 Å². The van der Waals surface area contributed by atoms with Gasteiger partial charge in [-0.05, 0) is 71.1 Å². The Morgan fingerprint density at radius 2 is 0.645 bits per heavy atom. The van der Waals surface area contributed by atoms with E-state index in [1.54, 1.807) is 36.4 Å². The lowest BCUT2D eigenvalue weighted by Crippen LogP contribution is -2.25. The van der Waals surface area contributed by atoms with Crippen LogP contribution in [0, 0.1) is 0 Å². The first kappa shape index (κ1) is 22.0. The van der Waals surface area contributed by atoms with E-state index in [0.29, 0.717) is 0 Å². The highest BCUT2D eigenvalue weighted by molar-refractivity contribution is 5.65. The topological polar surface area (TPSA) is 60.7 Å². The minimum Gasteiger partial charge on any atom is -0.508 e. The van der Waals surface area contributed by atoms with E-state index in [9.17, 15) is 15.3 Å². The van der Waals surface area contributed by atoms with Crippen LogP contribution in [-0.2, 0) is 5.41 Å². The standard InChI is InChI=1S/C26H22O3.C2H6/c1-26(21-8-14-24(28)15-9-21,22-10-16-25(29)17-11-22)20-6-2-18(3-7-20)19-4-12-23(27)13-5-19;1-2/h2-17,27-29H,1H3;1-2H3. The maximum Gasteiger partial charge on any atom is 0.115 e. The highest BCUT2D eigenvalue weighted by Gasteiger charge is 2.31. The quantitative estimate of drug-likeness (QED) is 0.321. The van der Waals surface area contributed by atoms with E-state index in [0.717, 1.165) is 27.8 Å². The van der Waals surface area contributed by atoms with Gasteiger partial charge < -0.3 is 15.3 Å². The van der Waals surface area contributed by atoms with Crippen LogP contribution >= 0.6 is 0 Å². The monoisotopic (exact) mass is 412 g/mol. The predicted molar refractivity (Wildman–Crippen MR) is 127 cm³/mol. The van der Waals surface area contributed by atoms with Gasteiger partial charge in [0.05, 0.1) is 0 Å². The Kier molecular flexibility index (Phi) is 6.66. The van der Waals surface area contributed by atoms with Crippen molar-refractivity contribution >= 4 is 0 Å². The molecule has 3 heteroatoms. The van der Waals surface area contributed by atoms with E-state index < -0.39 is 5.41 Å². The number of hydrogen-bond donors (Lipinski definition) is 3. The zero-order valence-corrected chi connectivity index (χ0v) is 18.1. The Hall–Kier alpha value is -3.72. The SMILES string of the molecule is CC.CC(c1ccc(O)cc1)(c1ccc(O)cc1)c1ccc(-c2ccc(O)cc2)cc1. The molecule has 4 aromatic carbocycles. The summed E-state index contributed by atoms with van der Waals surface area (Å²) in [4.78, 5) is 0. The Bertz CT molecular complexity index is 1050. The van der Waals surface area contributed by atoms with Crippen LogP contribution in [0.2, 0.25) is 0 Å². The summed E-state index contributed by atoms with van der Waals surface area (Å²) < 4.78 is 0. The van der Waals surface area contributed by atoms with Crippen LogP contribution < -0.4 is 0 Å². The molecule has 3 nitrogen and oxygen atoms in total. The molecule has 0 fully saturated rings. The minimum absolute atomic E-state index is 0.226. The van der Waals surface area contributed by atoms with Gasteiger partial charge in [-0.2, -0.15) is 0 Å². The van der Waals surface area contributed by atoms with Crippen molar-refractivity contribution in [1.82, 2.24) is 0 Å². The molecule has 3 N–H and O–H groups in total. The van der Waals surface area contributed by atoms with Crippen LogP contribution in [0.15, 0.2) is 97.1 Å². The summed E-state index contributed by atoms with van der Waals surface area (Å²) in [6.07, 6.45) is 0. The zero-order valence-electron chi connectivity index (χ0n) is 18.1. The van der Waals surface area contributed by atoms with E-state index in [4.69, 9.17) is 0 Å². The third-order valence-electron chi connectivity index (χ3n) is 5.55. The van der Waals surface area contributed by atoms with E-state index in [1.165, 1.54) is 0 Å². The molecule has 0 heterocycles. The van der Waals surface area contributed by atoms with Gasteiger partial charge in [0, 0.05) is 5.41 Å². The summed E-state index contributed by atoms with van der Waals surface area (Å²) in [5.74, 6) is 0.701. The second-order valence-electron chi connectivity index (χ2n) is 7.34. The summed E-state index contributed by atoms with van der Waals surface area (Å²) in [5.41, 5.74) is 4.81. The predicted octanol–water partition coefficient (Wildman–Crippen LogP) is 6.85. The van der Waals surface area contributed by atoms with Gasteiger partial charge in [-0.1, -0.05) is 74.5 Å². The molecule has 4 rings (SSSR count). The summed E-state index contributed by atoms with van der Waals surface area (Å²) in [7, 11) is 0. The third kappa shape index (κ3) is 4.56. The van der Waals surface area contributed by atoms with Crippen LogP contribution in [-0.4, -0.2) is 15.3 Å². The molecule has 158 valence electrons. The van der Waals surface area contributed by atoms with Crippen LogP contribution in [0.3, 0.4) is 0 Å². The van der Waals surface area contributed by atoms with Crippen molar-refractivity contribution in [2.24, 2.45) is 0 Å². The maximum atomic E-state index is 9.73. The van der Waals surface area contributed by atoms with Crippen molar-refractivity contribution < 1.29 is 15.3 Å². The molecule has 0 unspecified atom stereocenters. The molecule has 0 aromatic heterocycles. The van der Waals surface area contributed by atoms with Gasteiger partial charge in [-0.25, -0.2) is 0 Å². The van der Waals surface area contributed by atoms with E-state index >= 15 is 0 Å². The molecule has 0 saturated carbocycles. The van der Waals surface area contributed by atoms with Gasteiger partial charge in [0.25, 0.3) is 0 Å². The Balaban J connectivity index is 0.00000132. The van der Waals surface area contributed by atoms with Crippen LogP contribution in [0.5, 0.6) is 17.2 Å². The number of phenols is 3. The molecule has 31 heavy (non-hydrogen) atoms. The Labute approximate surface area is 183 Å². The minimum atomic E-state index is -0.463. The van der Waals surface area contributed by atoms with Crippen molar-refractivity contribution in [3.8, 4) is 28.4 Å². The molecular weight excluding hydrogens is 384 g/mol. The maximum absolute atomic E-state index is 9.73. The van der Waals surface area contributed by atoms with E-state index in [2.05, 4.69) is 31.2 Å². The van der Waals surface area contributed by atoms with Gasteiger partial charge in [-0.3, -0.25) is 0 Å². The lowest BCUT2D eigenvalue weighted by atomic mass is 9.71. The third-order valence-corrected chi connectivity index (χ3v) is 5.55. The smallest absolute Gasteiger partial charge is 0.115 e. The highest BCUT2D eigenvalue weighted by Crippen LogP contribution is 2.40. The zero-order chi connectivity index (χ0) is 22.4. The van der Waals surface area contributed by atoms with Gasteiger partial charge in [0.15, 0.2) is 0 Å². The van der Waals surface area contributed by atoms with Crippen molar-refractivity contribution in [2.45, 2.75) is 26.2 Å². The molecule has 0 aliphatic heterocycles. The Morgan fingerprint density at radius 1 is 0.419 bits per heavy atom. The van der Waals surface area contributed by atoms with Crippen molar-refractivity contribution in [3.63, 3.8) is 0 Å². The first-order valence-electron chi connectivity index (χ1n) is 10.5. The largest absolute Gasteiger partial charge is 0.508 e. The molecule has 0 radical (unpaired) electrons. The molecule has 0 bridgehead atoms. The highest BCUT2D eigenvalue weighted by atomic mass is 16.3. The second kappa shape index (κ2) is 9.40. The number of aromatic hydroxyl groups is 3. The fourth-order valence-electron chi connectivity index (χ4n) is 3.74. The van der Waals surface area contributed by atoms with Gasteiger partial charge >= 0.3 is 0 Å². The van der Waals surface area contributed by atoms with Crippen LogP contribution in [0.4, 0.5) is 0 Å². The number of phenolic OH excluding ortho intramolecular Hbond substituents is 3. The van der Waals surface area contributed by atoms with Gasteiger partial charge in [0.2, 0.25) is 0 Å². The molecule has 0 aliphatic carbocycles. The lowest BCUT2D eigenvalue weighted by Gasteiger charge is -2.32. The van der Waals surface area contributed by atoms with Gasteiger partial charge in [0.1, 0.15) is 17.2 Å². The molecule has 4 aromatic rings. The molecule has 0 aliphatic rings. The van der Waals surface area contributed by atoms with Crippen molar-refractivity contribution in [2.75, 3.05) is 0 Å². The summed E-state index contributed by atoms with van der Waals surface area (Å²) in [6.45, 7) is 6.14. The number of hydrogen-bond acceptors (Lipinski definition) is 3. The fourth-order valence-corrected chi connectivity index (χ4v) is 3.74. The first-order chi connectivity index (χ1) is 15.0. The lowest BCUT2D eigenvalue weighted by molar-refractivity contribution is 0.474. The van der Waals surface area contributed by atoms with E-state index in [-0.39, 0.29) is 17.2 Å². The number of rotatable bonds is 4. The fraction of sp³-hybridized carbons (Fsp3) is 0.143. The van der Waals surface area contributed by atoms with Crippen LogP contribution in [0.1, 0.15) is 37.5 Å². The average Bonchev–Trinajstić information content (AvgIpc) is 2.81. The summed E-state index contributed by atoms with van der Waals surface area (Å²) in [5, 5.41) is 29.0. The normalized spacial score (nSPS) is 10.8. The molecule has 0 spiro atoms. The van der Waals surface area contributed by atoms with Crippen molar-refractivity contribution in [1.29, 1.82) is 0 Å². The average molecular weight is 413 g/mol. The first-order valence-corrected chi connectivity index (χ1v) is 10.5. The molecular formula is C28H28O3. The summed E-state index contributed by atoms with van der Waals surface area (Å²) in [6, 6.07) is 30.0. The molecule has 0 amide bonds. The summed E-state index contributed by atoms with van der Waals surface area (Å²) >= 11 is 0. The molecule has 0 saturated heterocycles. The Morgan fingerprint density at radius 3 is 0.968 bits per heavy atom. The molecule has 0 atom stereocenters.